The Bertz CT molecular complexity index is 2480. The van der Waals surface area contributed by atoms with E-state index in [1.807, 2.05) is 48.5 Å². The van der Waals surface area contributed by atoms with E-state index in [1.165, 1.54) is 21.5 Å². The minimum Gasteiger partial charge on any atom is -0.307 e. The van der Waals surface area contributed by atoms with Gasteiger partial charge in [0.25, 0.3) is 0 Å². The molecule has 9 rings (SSSR count). The van der Waals surface area contributed by atoms with Crippen LogP contribution in [0.1, 0.15) is 11.1 Å². The zero-order chi connectivity index (χ0) is 32.2. The molecule has 0 fully saturated rings. The van der Waals surface area contributed by atoms with Gasteiger partial charge in [0.2, 0.25) is 0 Å². The number of fused-ring (bicyclic) bond motifs is 6. The number of benzene rings is 7. The lowest BCUT2D eigenvalue weighted by Crippen LogP contribution is -2.08. The normalized spacial score (nSPS) is 11.3. The van der Waals surface area contributed by atoms with Gasteiger partial charge < -0.3 is 9.13 Å². The molecule has 2 aromatic heterocycles. The van der Waals surface area contributed by atoms with Gasteiger partial charge in [-0.2, -0.15) is 10.5 Å². The predicted molar refractivity (Wildman–Crippen MR) is 195 cm³/mol. The molecule has 0 radical (unpaired) electrons. The topological polar surface area (TPSA) is 57.4 Å². The average Bonchev–Trinajstić information content (AvgIpc) is 3.67. The summed E-state index contributed by atoms with van der Waals surface area (Å²) in [5.41, 5.74) is 11.8. The van der Waals surface area contributed by atoms with Crippen molar-refractivity contribution in [1.82, 2.24) is 9.13 Å². The van der Waals surface area contributed by atoms with Gasteiger partial charge in [-0.1, -0.05) is 109 Å². The maximum absolute atomic E-state index is 9.63. The number of hydrogen-bond acceptors (Lipinski definition) is 2. The minimum absolute atomic E-state index is 0.619. The molecule has 2 heterocycles. The first kappa shape index (κ1) is 27.4. The van der Waals surface area contributed by atoms with E-state index in [4.69, 9.17) is 0 Å². The van der Waals surface area contributed by atoms with Crippen molar-refractivity contribution >= 4 is 43.6 Å². The summed E-state index contributed by atoms with van der Waals surface area (Å²) >= 11 is 0. The molecule has 9 aromatic rings. The summed E-state index contributed by atoms with van der Waals surface area (Å²) in [6, 6.07) is 59.0. The van der Waals surface area contributed by atoms with Crippen LogP contribution in [0.5, 0.6) is 0 Å². The lowest BCUT2D eigenvalue weighted by atomic mass is 9.94. The van der Waals surface area contributed by atoms with Gasteiger partial charge in [-0.25, -0.2) is 0 Å². The standard InChI is InChI=1S/C44H26N4/c45-27-29-17-21-31(22-18-29)33-25-26-34(32-23-19-30(28-46)20-24-32)44(48-41-15-7-3-11-37(41)38-12-4-8-16-42(38)48)43(33)47-39-13-5-1-9-35(39)36-10-2-6-14-40(36)47/h1-26H. The lowest BCUT2D eigenvalue weighted by molar-refractivity contribution is 1.10. The molecule has 222 valence electrons. The van der Waals surface area contributed by atoms with Crippen molar-refractivity contribution < 1.29 is 0 Å². The second kappa shape index (κ2) is 10.9. The van der Waals surface area contributed by atoms with Crippen LogP contribution in [0.25, 0.3) is 77.2 Å². The Balaban J connectivity index is 1.54. The first-order valence-corrected chi connectivity index (χ1v) is 15.9. The Morgan fingerprint density at radius 1 is 0.333 bits per heavy atom. The van der Waals surface area contributed by atoms with Crippen LogP contribution in [-0.4, -0.2) is 9.13 Å². The second-order valence-corrected chi connectivity index (χ2v) is 12.0. The zero-order valence-corrected chi connectivity index (χ0v) is 25.8. The molecule has 0 aliphatic carbocycles. The fourth-order valence-corrected chi connectivity index (χ4v) is 7.27. The summed E-state index contributed by atoms with van der Waals surface area (Å²) in [6.45, 7) is 0. The highest BCUT2D eigenvalue weighted by atomic mass is 15.1. The van der Waals surface area contributed by atoms with Crippen molar-refractivity contribution in [1.29, 1.82) is 10.5 Å². The first-order chi connectivity index (χ1) is 23.7. The van der Waals surface area contributed by atoms with Crippen molar-refractivity contribution in [3.63, 3.8) is 0 Å². The van der Waals surface area contributed by atoms with Gasteiger partial charge in [0.15, 0.2) is 0 Å². The van der Waals surface area contributed by atoms with Gasteiger partial charge in [0, 0.05) is 32.7 Å². The van der Waals surface area contributed by atoms with E-state index in [1.54, 1.807) is 0 Å². The lowest BCUT2D eigenvalue weighted by Gasteiger charge is -2.24. The van der Waals surface area contributed by atoms with E-state index in [-0.39, 0.29) is 0 Å². The molecule has 0 spiro atoms. The fraction of sp³-hybridized carbons (Fsp3) is 0. The summed E-state index contributed by atoms with van der Waals surface area (Å²) in [7, 11) is 0. The molecular weight excluding hydrogens is 585 g/mol. The van der Waals surface area contributed by atoms with Crippen molar-refractivity contribution in [2.75, 3.05) is 0 Å². The van der Waals surface area contributed by atoms with Gasteiger partial charge in [0.1, 0.15) is 0 Å². The van der Waals surface area contributed by atoms with Gasteiger partial charge in [0.05, 0.1) is 56.7 Å². The average molecular weight is 611 g/mol. The predicted octanol–water partition coefficient (Wildman–Crippen LogP) is 11.0. The van der Waals surface area contributed by atoms with Crippen LogP contribution in [0, 0.1) is 22.7 Å². The van der Waals surface area contributed by atoms with Crippen LogP contribution in [0.2, 0.25) is 0 Å². The maximum atomic E-state index is 9.63. The monoisotopic (exact) mass is 610 g/mol. The van der Waals surface area contributed by atoms with Gasteiger partial charge >= 0.3 is 0 Å². The van der Waals surface area contributed by atoms with E-state index in [9.17, 15) is 10.5 Å². The molecule has 0 saturated heterocycles. The van der Waals surface area contributed by atoms with Crippen LogP contribution < -0.4 is 0 Å². The summed E-state index contributed by atoms with van der Waals surface area (Å²) < 4.78 is 4.81. The van der Waals surface area contributed by atoms with Crippen LogP contribution in [0.15, 0.2) is 158 Å². The Hall–Kier alpha value is -6.88. The Morgan fingerprint density at radius 3 is 0.917 bits per heavy atom. The fourth-order valence-electron chi connectivity index (χ4n) is 7.27. The first-order valence-electron chi connectivity index (χ1n) is 15.9. The number of nitrogens with zero attached hydrogens (tertiary/aromatic N) is 4. The number of nitriles is 2. The number of para-hydroxylation sites is 4. The van der Waals surface area contributed by atoms with Gasteiger partial charge in [-0.15, -0.1) is 0 Å². The molecule has 48 heavy (non-hydrogen) atoms. The third kappa shape index (κ3) is 4.07. The third-order valence-corrected chi connectivity index (χ3v) is 9.41. The molecule has 0 atom stereocenters. The van der Waals surface area contributed by atoms with Crippen LogP contribution in [0.4, 0.5) is 0 Å². The minimum atomic E-state index is 0.619. The molecule has 0 bridgehead atoms. The molecule has 7 aromatic carbocycles. The highest BCUT2D eigenvalue weighted by Crippen LogP contribution is 2.45. The van der Waals surface area contributed by atoms with Crippen molar-refractivity contribution in [2.24, 2.45) is 0 Å². The van der Waals surface area contributed by atoms with Crippen LogP contribution in [0.3, 0.4) is 0 Å². The second-order valence-electron chi connectivity index (χ2n) is 12.0. The SMILES string of the molecule is N#Cc1ccc(-c2ccc(-c3ccc(C#N)cc3)c(-n3c4ccccc4c4ccccc43)c2-n2c3ccccc3c3ccccc32)cc1. The van der Waals surface area contributed by atoms with E-state index in [2.05, 4.69) is 130 Å². The van der Waals surface area contributed by atoms with E-state index < -0.39 is 0 Å². The molecule has 0 amide bonds. The quantitative estimate of drug-likeness (QED) is 0.199. The number of rotatable bonds is 4. The van der Waals surface area contributed by atoms with Crippen molar-refractivity contribution in [3.05, 3.63) is 169 Å². The molecule has 0 aliphatic heterocycles. The van der Waals surface area contributed by atoms with E-state index in [0.717, 1.165) is 55.7 Å². The van der Waals surface area contributed by atoms with Gasteiger partial charge in [-0.05, 0) is 59.7 Å². The number of hydrogen-bond donors (Lipinski definition) is 0. The smallest absolute Gasteiger partial charge is 0.0991 e. The largest absolute Gasteiger partial charge is 0.307 e. The molecule has 4 nitrogen and oxygen atoms in total. The third-order valence-electron chi connectivity index (χ3n) is 9.41. The molecule has 4 heteroatoms. The summed E-state index contributed by atoms with van der Waals surface area (Å²) in [6.07, 6.45) is 0. The highest BCUT2D eigenvalue weighted by Gasteiger charge is 2.25. The molecule has 0 aliphatic rings. The molecule has 0 unspecified atom stereocenters. The van der Waals surface area contributed by atoms with E-state index in [0.29, 0.717) is 11.1 Å². The molecular formula is C44H26N4. The Morgan fingerprint density at radius 2 is 0.625 bits per heavy atom. The van der Waals surface area contributed by atoms with Crippen molar-refractivity contribution in [2.45, 2.75) is 0 Å². The van der Waals surface area contributed by atoms with Crippen LogP contribution >= 0.6 is 0 Å². The van der Waals surface area contributed by atoms with Crippen LogP contribution in [-0.2, 0) is 0 Å². The van der Waals surface area contributed by atoms with E-state index >= 15 is 0 Å². The highest BCUT2D eigenvalue weighted by molar-refractivity contribution is 6.13. The zero-order valence-electron chi connectivity index (χ0n) is 25.8. The summed E-state index contributed by atoms with van der Waals surface area (Å²) in [4.78, 5) is 0. The molecule has 0 saturated carbocycles. The Labute approximate surface area is 277 Å². The summed E-state index contributed by atoms with van der Waals surface area (Å²) in [5.74, 6) is 0. The Kier molecular flexibility index (Phi) is 6.22. The molecule has 0 N–H and O–H groups in total. The number of aromatic nitrogens is 2. The summed E-state index contributed by atoms with van der Waals surface area (Å²) in [5, 5.41) is 24.0. The van der Waals surface area contributed by atoms with Crippen molar-refractivity contribution in [3.8, 4) is 45.8 Å². The van der Waals surface area contributed by atoms with Gasteiger partial charge in [-0.3, -0.25) is 0 Å². The maximum Gasteiger partial charge on any atom is 0.0991 e.